The average molecular weight is 403 g/mol. The van der Waals surface area contributed by atoms with Crippen molar-refractivity contribution < 1.29 is 17.6 Å². The van der Waals surface area contributed by atoms with Crippen LogP contribution < -0.4 is 14.9 Å². The van der Waals surface area contributed by atoms with Crippen molar-refractivity contribution in [2.45, 2.75) is 36.6 Å². The second-order valence-corrected chi connectivity index (χ2v) is 8.92. The van der Waals surface area contributed by atoms with Gasteiger partial charge in [-0.05, 0) is 56.0 Å². The zero-order valence-corrected chi connectivity index (χ0v) is 16.1. The lowest BCUT2D eigenvalue weighted by Gasteiger charge is -2.22. The molecule has 4 rings (SSSR count). The van der Waals surface area contributed by atoms with Gasteiger partial charge in [0.05, 0.1) is 10.6 Å². The first-order valence-electron chi connectivity index (χ1n) is 9.41. The van der Waals surface area contributed by atoms with E-state index in [4.69, 9.17) is 0 Å². The number of amides is 1. The maximum atomic E-state index is 14.5. The Balaban J connectivity index is 1.58. The molecule has 1 amide bonds. The molecule has 2 fully saturated rings. The van der Waals surface area contributed by atoms with Crippen LogP contribution in [0.25, 0.3) is 0 Å². The van der Waals surface area contributed by atoms with Gasteiger partial charge in [-0.15, -0.1) is 0 Å². The molecule has 8 heteroatoms. The molecule has 0 bridgehead atoms. The van der Waals surface area contributed by atoms with Gasteiger partial charge < -0.3 is 10.2 Å². The first-order chi connectivity index (χ1) is 13.4. The lowest BCUT2D eigenvalue weighted by Crippen LogP contribution is -2.26. The van der Waals surface area contributed by atoms with E-state index >= 15 is 0 Å². The predicted octanol–water partition coefficient (Wildman–Crippen LogP) is 3.12. The highest BCUT2D eigenvalue weighted by atomic mass is 32.2. The largest absolute Gasteiger partial charge is 0.370 e. The molecule has 2 aromatic rings. The Morgan fingerprint density at radius 1 is 1.07 bits per heavy atom. The summed E-state index contributed by atoms with van der Waals surface area (Å²) in [4.78, 5) is 14.8. The number of carbonyl (C=O) groups is 1. The first-order valence-corrected chi connectivity index (χ1v) is 10.9. The van der Waals surface area contributed by atoms with E-state index in [0.717, 1.165) is 38.8 Å². The van der Waals surface area contributed by atoms with Gasteiger partial charge in [-0.25, -0.2) is 17.5 Å². The molecule has 1 saturated heterocycles. The fraction of sp³-hybridized carbons (Fsp3) is 0.350. The van der Waals surface area contributed by atoms with Crippen molar-refractivity contribution in [1.82, 2.24) is 4.72 Å². The van der Waals surface area contributed by atoms with Crippen molar-refractivity contribution in [1.29, 1.82) is 0 Å². The summed E-state index contributed by atoms with van der Waals surface area (Å²) in [5, 5.41) is 2.63. The van der Waals surface area contributed by atoms with Gasteiger partial charge in [0.25, 0.3) is 5.91 Å². The van der Waals surface area contributed by atoms with Crippen LogP contribution in [0.1, 0.15) is 36.0 Å². The van der Waals surface area contributed by atoms with E-state index in [1.54, 1.807) is 12.1 Å². The van der Waals surface area contributed by atoms with Crippen LogP contribution in [0.2, 0.25) is 0 Å². The number of para-hydroxylation sites is 1. The van der Waals surface area contributed by atoms with Crippen molar-refractivity contribution in [3.8, 4) is 0 Å². The second-order valence-electron chi connectivity index (χ2n) is 7.21. The third-order valence-electron chi connectivity index (χ3n) is 4.98. The first kappa shape index (κ1) is 18.9. The highest BCUT2D eigenvalue weighted by Gasteiger charge is 2.28. The topological polar surface area (TPSA) is 78.5 Å². The van der Waals surface area contributed by atoms with Crippen LogP contribution in [0, 0.1) is 5.82 Å². The van der Waals surface area contributed by atoms with Crippen molar-refractivity contribution in [3.63, 3.8) is 0 Å². The lowest BCUT2D eigenvalue weighted by atomic mass is 10.2. The summed E-state index contributed by atoms with van der Waals surface area (Å²) in [6.45, 7) is 1.62. The summed E-state index contributed by atoms with van der Waals surface area (Å²) < 4.78 is 41.8. The molecule has 1 aliphatic carbocycles. The highest BCUT2D eigenvalue weighted by molar-refractivity contribution is 7.89. The molecule has 28 heavy (non-hydrogen) atoms. The maximum absolute atomic E-state index is 14.5. The Hall–Kier alpha value is -2.45. The number of rotatable bonds is 6. The highest BCUT2D eigenvalue weighted by Crippen LogP contribution is 2.31. The fourth-order valence-corrected chi connectivity index (χ4v) is 4.69. The van der Waals surface area contributed by atoms with Crippen LogP contribution in [-0.4, -0.2) is 33.5 Å². The third-order valence-corrected chi connectivity index (χ3v) is 6.50. The number of hydrogen-bond acceptors (Lipinski definition) is 4. The predicted molar refractivity (Wildman–Crippen MR) is 106 cm³/mol. The average Bonchev–Trinajstić information content (AvgIpc) is 3.31. The van der Waals surface area contributed by atoms with Crippen molar-refractivity contribution >= 4 is 27.3 Å². The zero-order valence-electron chi connectivity index (χ0n) is 15.3. The molecule has 2 N–H and O–H groups in total. The SMILES string of the molecule is O=C(Nc1c(F)cccc1N1CCCC1)c1cccc(S(=O)(=O)NC2CC2)c1. The molecular weight excluding hydrogens is 381 g/mol. The van der Waals surface area contributed by atoms with E-state index in [2.05, 4.69) is 10.0 Å². The minimum absolute atomic E-state index is 0.0242. The van der Waals surface area contributed by atoms with Crippen LogP contribution in [-0.2, 0) is 10.0 Å². The quantitative estimate of drug-likeness (QED) is 0.777. The molecule has 2 aromatic carbocycles. The Labute approximate surface area is 163 Å². The molecule has 0 atom stereocenters. The van der Waals surface area contributed by atoms with Gasteiger partial charge >= 0.3 is 0 Å². The molecular formula is C20H22FN3O3S. The van der Waals surface area contributed by atoms with E-state index in [9.17, 15) is 17.6 Å². The molecule has 0 spiro atoms. The molecule has 6 nitrogen and oxygen atoms in total. The van der Waals surface area contributed by atoms with Gasteiger partial charge in [0.1, 0.15) is 11.5 Å². The molecule has 2 aliphatic rings. The Bertz CT molecular complexity index is 1000. The van der Waals surface area contributed by atoms with E-state index in [-0.39, 0.29) is 22.2 Å². The number of sulfonamides is 1. The number of hydrogen-bond donors (Lipinski definition) is 2. The summed E-state index contributed by atoms with van der Waals surface area (Å²) in [7, 11) is -3.67. The normalized spacial score (nSPS) is 17.0. The number of nitrogens with zero attached hydrogens (tertiary/aromatic N) is 1. The van der Waals surface area contributed by atoms with Crippen LogP contribution in [0.4, 0.5) is 15.8 Å². The van der Waals surface area contributed by atoms with Gasteiger partial charge in [0.15, 0.2) is 0 Å². The molecule has 1 heterocycles. The van der Waals surface area contributed by atoms with Gasteiger partial charge in [-0.1, -0.05) is 12.1 Å². The lowest BCUT2D eigenvalue weighted by molar-refractivity contribution is 0.102. The Morgan fingerprint density at radius 2 is 1.79 bits per heavy atom. The summed E-state index contributed by atoms with van der Waals surface area (Å²) in [6, 6.07) is 10.5. The van der Waals surface area contributed by atoms with Crippen molar-refractivity contribution in [3.05, 3.63) is 53.8 Å². The van der Waals surface area contributed by atoms with Crippen molar-refractivity contribution in [2.24, 2.45) is 0 Å². The zero-order chi connectivity index (χ0) is 19.7. The van der Waals surface area contributed by atoms with Crippen LogP contribution >= 0.6 is 0 Å². The van der Waals surface area contributed by atoms with Crippen LogP contribution in [0.15, 0.2) is 47.4 Å². The molecule has 0 unspecified atom stereocenters. The summed E-state index contributed by atoms with van der Waals surface area (Å²) in [5.41, 5.74) is 0.929. The summed E-state index contributed by atoms with van der Waals surface area (Å²) in [6.07, 6.45) is 3.70. The molecule has 148 valence electrons. The summed E-state index contributed by atoms with van der Waals surface area (Å²) in [5.74, 6) is -1.06. The summed E-state index contributed by atoms with van der Waals surface area (Å²) >= 11 is 0. The third kappa shape index (κ3) is 4.02. The monoisotopic (exact) mass is 403 g/mol. The smallest absolute Gasteiger partial charge is 0.255 e. The van der Waals surface area contributed by atoms with E-state index < -0.39 is 21.7 Å². The Morgan fingerprint density at radius 3 is 2.50 bits per heavy atom. The van der Waals surface area contributed by atoms with E-state index in [0.29, 0.717) is 5.69 Å². The van der Waals surface area contributed by atoms with Crippen LogP contribution in [0.5, 0.6) is 0 Å². The van der Waals surface area contributed by atoms with E-state index in [1.165, 1.54) is 30.3 Å². The van der Waals surface area contributed by atoms with E-state index in [1.807, 2.05) is 4.90 Å². The number of anilines is 2. The van der Waals surface area contributed by atoms with Gasteiger partial charge in [0, 0.05) is 24.7 Å². The second kappa shape index (κ2) is 7.52. The minimum Gasteiger partial charge on any atom is -0.370 e. The molecule has 1 saturated carbocycles. The molecule has 1 aliphatic heterocycles. The van der Waals surface area contributed by atoms with Crippen LogP contribution in [0.3, 0.4) is 0 Å². The molecule has 0 radical (unpaired) electrons. The number of carbonyl (C=O) groups excluding carboxylic acids is 1. The van der Waals surface area contributed by atoms with Gasteiger partial charge in [0.2, 0.25) is 10.0 Å². The Kier molecular flexibility index (Phi) is 5.07. The minimum atomic E-state index is -3.67. The number of halogens is 1. The fourth-order valence-electron chi connectivity index (χ4n) is 3.34. The maximum Gasteiger partial charge on any atom is 0.255 e. The van der Waals surface area contributed by atoms with Gasteiger partial charge in [-0.2, -0.15) is 0 Å². The molecule has 0 aromatic heterocycles. The van der Waals surface area contributed by atoms with Crippen molar-refractivity contribution in [2.75, 3.05) is 23.3 Å². The van der Waals surface area contributed by atoms with Gasteiger partial charge in [-0.3, -0.25) is 4.79 Å². The number of nitrogens with one attached hydrogen (secondary N) is 2. The number of benzene rings is 2. The standard InChI is InChI=1S/C20H22FN3O3S/c21-17-7-4-8-18(24-11-1-2-12-24)19(17)22-20(25)14-5-3-6-16(13-14)28(26,27)23-15-9-10-15/h3-8,13,15,23H,1-2,9-12H2,(H,22,25).